The summed E-state index contributed by atoms with van der Waals surface area (Å²) in [6.45, 7) is 2.10. The maximum absolute atomic E-state index is 11.9. The fourth-order valence-electron chi connectivity index (χ4n) is 2.12. The molecule has 0 bridgehead atoms. The third-order valence-corrected chi connectivity index (χ3v) is 4.04. The standard InChI is InChI=1S/C15H15N3O2S/c1-9(16)10-4-2-3-5-12(10)20-8-13-17-11-6-7-21-14(11)15(19)18-13/h2-7,9H,8,16H2,1H3,(H,17,18,19). The first-order chi connectivity index (χ1) is 10.1. The van der Waals surface area contributed by atoms with Crippen LogP contribution < -0.4 is 16.0 Å². The molecule has 0 amide bonds. The minimum atomic E-state index is -0.130. The van der Waals surface area contributed by atoms with E-state index in [4.69, 9.17) is 10.5 Å². The van der Waals surface area contributed by atoms with E-state index in [2.05, 4.69) is 9.97 Å². The summed E-state index contributed by atoms with van der Waals surface area (Å²) >= 11 is 1.38. The van der Waals surface area contributed by atoms with Gasteiger partial charge in [0, 0.05) is 11.6 Å². The van der Waals surface area contributed by atoms with Gasteiger partial charge >= 0.3 is 0 Å². The van der Waals surface area contributed by atoms with Crippen molar-refractivity contribution in [3.63, 3.8) is 0 Å². The quantitative estimate of drug-likeness (QED) is 0.776. The molecule has 2 heterocycles. The van der Waals surface area contributed by atoms with Crippen LogP contribution in [0.3, 0.4) is 0 Å². The van der Waals surface area contributed by atoms with Gasteiger partial charge in [-0.1, -0.05) is 18.2 Å². The van der Waals surface area contributed by atoms with Crippen molar-refractivity contribution in [3.05, 3.63) is 57.5 Å². The van der Waals surface area contributed by atoms with E-state index in [-0.39, 0.29) is 18.2 Å². The Morgan fingerprint density at radius 2 is 2.19 bits per heavy atom. The molecule has 0 radical (unpaired) electrons. The number of rotatable bonds is 4. The fourth-order valence-corrected chi connectivity index (χ4v) is 2.85. The largest absolute Gasteiger partial charge is 0.485 e. The Labute approximate surface area is 125 Å². The van der Waals surface area contributed by atoms with Crippen LogP contribution in [-0.2, 0) is 6.61 Å². The first-order valence-corrected chi connectivity index (χ1v) is 7.47. The predicted octanol–water partition coefficient (Wildman–Crippen LogP) is 2.58. The summed E-state index contributed by atoms with van der Waals surface area (Å²) in [5.74, 6) is 1.21. The highest BCUT2D eigenvalue weighted by molar-refractivity contribution is 7.17. The minimum absolute atomic E-state index is 0.118. The van der Waals surface area contributed by atoms with Crippen LogP contribution in [0, 0.1) is 0 Å². The molecule has 1 atom stereocenters. The Bertz CT molecular complexity index is 823. The highest BCUT2D eigenvalue weighted by Gasteiger charge is 2.09. The third kappa shape index (κ3) is 2.81. The van der Waals surface area contributed by atoms with Crippen LogP contribution in [-0.4, -0.2) is 9.97 Å². The number of para-hydroxylation sites is 1. The number of fused-ring (bicyclic) bond motifs is 1. The number of hydrogen-bond donors (Lipinski definition) is 2. The third-order valence-electron chi connectivity index (χ3n) is 3.14. The van der Waals surface area contributed by atoms with Gasteiger partial charge in [-0.05, 0) is 24.4 Å². The molecule has 0 aliphatic carbocycles. The molecule has 2 aromatic heterocycles. The number of nitrogens with zero attached hydrogens (tertiary/aromatic N) is 1. The van der Waals surface area contributed by atoms with Crippen LogP contribution in [0.2, 0.25) is 0 Å². The molecular weight excluding hydrogens is 286 g/mol. The Kier molecular flexibility index (Phi) is 3.72. The molecule has 0 spiro atoms. The summed E-state index contributed by atoms with van der Waals surface area (Å²) in [6.07, 6.45) is 0. The number of H-pyrrole nitrogens is 1. The topological polar surface area (TPSA) is 81.0 Å². The SMILES string of the molecule is CC(N)c1ccccc1OCc1nc2ccsc2c(=O)[nH]1. The summed E-state index contributed by atoms with van der Waals surface area (Å²) < 4.78 is 6.39. The number of thiophene rings is 1. The molecule has 1 unspecified atom stereocenters. The molecule has 0 aliphatic heterocycles. The minimum Gasteiger partial charge on any atom is -0.485 e. The molecule has 5 nitrogen and oxygen atoms in total. The maximum atomic E-state index is 11.9. The zero-order valence-corrected chi connectivity index (χ0v) is 12.3. The first kappa shape index (κ1) is 13.8. The van der Waals surface area contributed by atoms with Crippen molar-refractivity contribution >= 4 is 21.6 Å². The van der Waals surface area contributed by atoms with E-state index >= 15 is 0 Å². The van der Waals surface area contributed by atoms with Gasteiger partial charge in [-0.2, -0.15) is 0 Å². The zero-order chi connectivity index (χ0) is 14.8. The first-order valence-electron chi connectivity index (χ1n) is 6.59. The van der Waals surface area contributed by atoms with E-state index in [1.54, 1.807) is 0 Å². The van der Waals surface area contributed by atoms with Gasteiger partial charge in [-0.25, -0.2) is 4.98 Å². The van der Waals surface area contributed by atoms with E-state index in [0.717, 1.165) is 5.56 Å². The smallest absolute Gasteiger partial charge is 0.268 e. The second-order valence-electron chi connectivity index (χ2n) is 4.76. The Balaban J connectivity index is 1.85. The molecule has 3 N–H and O–H groups in total. The number of nitrogens with two attached hydrogens (primary N) is 1. The average molecular weight is 301 g/mol. The molecule has 1 aromatic carbocycles. The number of aromatic nitrogens is 2. The van der Waals surface area contributed by atoms with Crippen LogP contribution in [0.25, 0.3) is 10.2 Å². The van der Waals surface area contributed by atoms with Crippen molar-refractivity contribution in [2.45, 2.75) is 19.6 Å². The predicted molar refractivity (Wildman–Crippen MR) is 83.6 cm³/mol. The zero-order valence-electron chi connectivity index (χ0n) is 11.5. The molecule has 0 aliphatic rings. The van der Waals surface area contributed by atoms with Gasteiger partial charge in [0.2, 0.25) is 0 Å². The number of nitrogens with one attached hydrogen (secondary N) is 1. The van der Waals surface area contributed by atoms with Gasteiger partial charge in [0.25, 0.3) is 5.56 Å². The lowest BCUT2D eigenvalue weighted by Gasteiger charge is -2.13. The number of benzene rings is 1. The molecule has 0 fully saturated rings. The van der Waals surface area contributed by atoms with Gasteiger partial charge in [-0.3, -0.25) is 4.79 Å². The van der Waals surface area contributed by atoms with Crippen molar-refractivity contribution in [2.24, 2.45) is 5.73 Å². The Hall–Kier alpha value is -2.18. The second-order valence-corrected chi connectivity index (χ2v) is 5.68. The van der Waals surface area contributed by atoms with Gasteiger partial charge in [0.15, 0.2) is 0 Å². The molecule has 3 rings (SSSR count). The summed E-state index contributed by atoms with van der Waals surface area (Å²) in [5.41, 5.74) is 7.41. The summed E-state index contributed by atoms with van der Waals surface area (Å²) in [5, 5.41) is 1.85. The van der Waals surface area contributed by atoms with E-state index in [9.17, 15) is 4.79 Å². The molecular formula is C15H15N3O2S. The fraction of sp³-hybridized carbons (Fsp3) is 0.200. The van der Waals surface area contributed by atoms with E-state index in [0.29, 0.717) is 21.8 Å². The number of aromatic amines is 1. The van der Waals surface area contributed by atoms with Gasteiger partial charge < -0.3 is 15.5 Å². The summed E-state index contributed by atoms with van der Waals surface area (Å²) in [7, 11) is 0. The molecule has 21 heavy (non-hydrogen) atoms. The number of ether oxygens (including phenoxy) is 1. The van der Waals surface area contributed by atoms with Crippen LogP contribution in [0.1, 0.15) is 24.4 Å². The van der Waals surface area contributed by atoms with Crippen molar-refractivity contribution in [1.82, 2.24) is 9.97 Å². The van der Waals surface area contributed by atoms with Crippen molar-refractivity contribution < 1.29 is 4.74 Å². The second kappa shape index (κ2) is 5.67. The lowest BCUT2D eigenvalue weighted by Crippen LogP contribution is -2.13. The number of hydrogen-bond acceptors (Lipinski definition) is 5. The van der Waals surface area contributed by atoms with Crippen LogP contribution >= 0.6 is 11.3 Å². The van der Waals surface area contributed by atoms with Gasteiger partial charge in [-0.15, -0.1) is 11.3 Å². The van der Waals surface area contributed by atoms with Crippen molar-refractivity contribution in [2.75, 3.05) is 0 Å². The molecule has 0 saturated heterocycles. The van der Waals surface area contributed by atoms with Crippen LogP contribution in [0.4, 0.5) is 0 Å². The normalized spacial score (nSPS) is 12.5. The highest BCUT2D eigenvalue weighted by Crippen LogP contribution is 2.24. The average Bonchev–Trinajstić information content (AvgIpc) is 2.94. The molecule has 3 aromatic rings. The summed E-state index contributed by atoms with van der Waals surface area (Å²) in [6, 6.07) is 9.31. The Morgan fingerprint density at radius 3 is 3.00 bits per heavy atom. The molecule has 108 valence electrons. The van der Waals surface area contributed by atoms with Crippen molar-refractivity contribution in [3.8, 4) is 5.75 Å². The molecule has 6 heteroatoms. The van der Waals surface area contributed by atoms with Crippen LogP contribution in [0.15, 0.2) is 40.5 Å². The van der Waals surface area contributed by atoms with E-state index < -0.39 is 0 Å². The summed E-state index contributed by atoms with van der Waals surface area (Å²) in [4.78, 5) is 19.0. The highest BCUT2D eigenvalue weighted by atomic mass is 32.1. The monoisotopic (exact) mass is 301 g/mol. The molecule has 0 saturated carbocycles. The van der Waals surface area contributed by atoms with E-state index in [1.807, 2.05) is 42.6 Å². The van der Waals surface area contributed by atoms with Crippen molar-refractivity contribution in [1.29, 1.82) is 0 Å². The lowest BCUT2D eigenvalue weighted by atomic mass is 10.1. The van der Waals surface area contributed by atoms with Gasteiger partial charge in [0.1, 0.15) is 22.9 Å². The lowest BCUT2D eigenvalue weighted by molar-refractivity contribution is 0.291. The maximum Gasteiger partial charge on any atom is 0.268 e. The van der Waals surface area contributed by atoms with Crippen LogP contribution in [0.5, 0.6) is 5.75 Å². The van der Waals surface area contributed by atoms with Gasteiger partial charge in [0.05, 0.1) is 5.52 Å². The Morgan fingerprint density at radius 1 is 1.38 bits per heavy atom. The van der Waals surface area contributed by atoms with E-state index in [1.165, 1.54) is 11.3 Å².